The summed E-state index contributed by atoms with van der Waals surface area (Å²) >= 11 is 5.83. The maximum Gasteiger partial charge on any atom is 0.288 e. The van der Waals surface area contributed by atoms with E-state index in [9.17, 15) is 14.9 Å². The molecule has 10 nitrogen and oxygen atoms in total. The molecule has 1 aliphatic heterocycles. The Hall–Kier alpha value is -3.53. The van der Waals surface area contributed by atoms with E-state index in [0.717, 1.165) is 11.4 Å². The van der Waals surface area contributed by atoms with Gasteiger partial charge in [0, 0.05) is 56.5 Å². The van der Waals surface area contributed by atoms with Gasteiger partial charge in [-0.15, -0.1) is 0 Å². The Kier molecular flexibility index (Phi) is 5.32. The molecule has 0 unspecified atom stereocenters. The summed E-state index contributed by atoms with van der Waals surface area (Å²) in [5, 5.41) is 14.9. The summed E-state index contributed by atoms with van der Waals surface area (Å²) < 4.78 is 4.98. The van der Waals surface area contributed by atoms with Crippen molar-refractivity contribution in [2.45, 2.75) is 6.92 Å². The number of pyridine rings is 1. The molecule has 0 aliphatic carbocycles. The molecule has 0 spiro atoms. The van der Waals surface area contributed by atoms with Crippen LogP contribution in [0.3, 0.4) is 0 Å². The topological polar surface area (TPSA) is 118 Å². The molecule has 154 valence electrons. The number of nitro groups is 1. The first kappa shape index (κ1) is 19.8. The average Bonchev–Trinajstić information content (AvgIpc) is 3.20. The molecule has 1 amide bonds. The molecule has 0 saturated carbocycles. The monoisotopic (exact) mass is 428 g/mol. The highest BCUT2D eigenvalue weighted by Crippen LogP contribution is 2.26. The van der Waals surface area contributed by atoms with Gasteiger partial charge in [-0.1, -0.05) is 16.8 Å². The van der Waals surface area contributed by atoms with Gasteiger partial charge in [-0.05, 0) is 24.3 Å². The molecule has 3 aromatic rings. The number of amides is 1. The van der Waals surface area contributed by atoms with Crippen LogP contribution in [0.2, 0.25) is 5.02 Å². The number of hydrogen-bond donors (Lipinski definition) is 0. The molecule has 0 radical (unpaired) electrons. The summed E-state index contributed by atoms with van der Waals surface area (Å²) in [6, 6.07) is 7.85. The Balaban J connectivity index is 1.41. The van der Waals surface area contributed by atoms with E-state index in [1.54, 1.807) is 18.0 Å². The average molecular weight is 429 g/mol. The second kappa shape index (κ2) is 8.07. The number of halogens is 1. The number of rotatable bonds is 4. The van der Waals surface area contributed by atoms with Gasteiger partial charge in [0.1, 0.15) is 10.8 Å². The SMILES string of the molecule is Cc1nc(-c2ccc(N3CCN(C(=O)c4ccc(Cl)c([N+](=O)[O-])c4)CC3)nc2)no1. The van der Waals surface area contributed by atoms with E-state index in [4.69, 9.17) is 16.1 Å². The largest absolute Gasteiger partial charge is 0.353 e. The lowest BCUT2D eigenvalue weighted by Gasteiger charge is -2.35. The fraction of sp³-hybridized carbons (Fsp3) is 0.263. The highest BCUT2D eigenvalue weighted by atomic mass is 35.5. The molecule has 11 heteroatoms. The highest BCUT2D eigenvalue weighted by molar-refractivity contribution is 6.32. The van der Waals surface area contributed by atoms with Crippen LogP contribution in [-0.2, 0) is 0 Å². The number of carbonyl (C=O) groups is 1. The van der Waals surface area contributed by atoms with Crippen molar-refractivity contribution in [2.75, 3.05) is 31.1 Å². The molecular formula is C19H17ClN6O4. The minimum absolute atomic E-state index is 0.00636. The van der Waals surface area contributed by atoms with Crippen molar-refractivity contribution in [1.29, 1.82) is 0 Å². The highest BCUT2D eigenvalue weighted by Gasteiger charge is 2.25. The van der Waals surface area contributed by atoms with Crippen molar-refractivity contribution >= 4 is 29.0 Å². The Morgan fingerprint density at radius 1 is 1.20 bits per heavy atom. The smallest absolute Gasteiger partial charge is 0.288 e. The van der Waals surface area contributed by atoms with Gasteiger partial charge in [0.15, 0.2) is 0 Å². The van der Waals surface area contributed by atoms with Gasteiger partial charge < -0.3 is 14.3 Å². The third-order valence-corrected chi connectivity index (χ3v) is 5.13. The van der Waals surface area contributed by atoms with Crippen LogP contribution in [-0.4, -0.2) is 57.0 Å². The number of nitrogens with zero attached hydrogens (tertiary/aromatic N) is 6. The van der Waals surface area contributed by atoms with Crippen molar-refractivity contribution in [3.05, 3.63) is 63.1 Å². The van der Waals surface area contributed by atoms with E-state index in [1.807, 2.05) is 12.1 Å². The summed E-state index contributed by atoms with van der Waals surface area (Å²) in [7, 11) is 0. The molecule has 0 N–H and O–H groups in total. The maximum absolute atomic E-state index is 12.7. The van der Waals surface area contributed by atoms with Crippen LogP contribution in [0.4, 0.5) is 11.5 Å². The third-order valence-electron chi connectivity index (χ3n) is 4.81. The normalized spacial score (nSPS) is 14.1. The summed E-state index contributed by atoms with van der Waals surface area (Å²) in [6.45, 7) is 3.86. The Bertz CT molecular complexity index is 1090. The number of carbonyl (C=O) groups excluding carboxylic acids is 1. The molecule has 1 fully saturated rings. The Labute approximate surface area is 176 Å². The summed E-state index contributed by atoms with van der Waals surface area (Å²) in [4.78, 5) is 35.6. The standard InChI is InChI=1S/C19H17ClN6O4/c1-12-22-18(23-30-12)14-3-5-17(21-11-14)24-6-8-25(9-7-24)19(27)13-2-4-15(20)16(10-13)26(28)29/h2-5,10-11H,6-9H2,1H3. The minimum atomic E-state index is -0.595. The van der Waals surface area contributed by atoms with Crippen LogP contribution < -0.4 is 4.90 Å². The van der Waals surface area contributed by atoms with E-state index in [-0.39, 0.29) is 22.2 Å². The van der Waals surface area contributed by atoms with Gasteiger partial charge in [-0.2, -0.15) is 4.98 Å². The van der Waals surface area contributed by atoms with Crippen LogP contribution in [0.5, 0.6) is 0 Å². The maximum atomic E-state index is 12.7. The zero-order valence-corrected chi connectivity index (χ0v) is 16.7. The molecular weight excluding hydrogens is 412 g/mol. The van der Waals surface area contributed by atoms with Gasteiger partial charge >= 0.3 is 0 Å². The number of hydrogen-bond acceptors (Lipinski definition) is 8. The number of benzene rings is 1. The third kappa shape index (κ3) is 3.94. The first-order chi connectivity index (χ1) is 14.4. The predicted octanol–water partition coefficient (Wildman–Crippen LogP) is 2.96. The first-order valence-corrected chi connectivity index (χ1v) is 9.55. The lowest BCUT2D eigenvalue weighted by Crippen LogP contribution is -2.49. The minimum Gasteiger partial charge on any atom is -0.353 e. The molecule has 0 atom stereocenters. The van der Waals surface area contributed by atoms with Gasteiger partial charge in [-0.25, -0.2) is 4.98 Å². The molecule has 2 aromatic heterocycles. The fourth-order valence-corrected chi connectivity index (χ4v) is 3.42. The van der Waals surface area contributed by atoms with Crippen LogP contribution in [0.15, 0.2) is 41.1 Å². The summed E-state index contributed by atoms with van der Waals surface area (Å²) in [5.41, 5.74) is 0.730. The lowest BCUT2D eigenvalue weighted by atomic mass is 10.1. The quantitative estimate of drug-likeness (QED) is 0.459. The zero-order valence-electron chi connectivity index (χ0n) is 16.0. The van der Waals surface area contributed by atoms with Crippen molar-refractivity contribution in [2.24, 2.45) is 0 Å². The number of anilines is 1. The lowest BCUT2D eigenvalue weighted by molar-refractivity contribution is -0.384. The number of aryl methyl sites for hydroxylation is 1. The van der Waals surface area contributed by atoms with Gasteiger partial charge in [0.05, 0.1) is 4.92 Å². The van der Waals surface area contributed by atoms with Crippen LogP contribution in [0.25, 0.3) is 11.4 Å². The second-order valence-corrected chi connectivity index (χ2v) is 7.15. The van der Waals surface area contributed by atoms with Crippen LogP contribution in [0.1, 0.15) is 16.2 Å². The van der Waals surface area contributed by atoms with Crippen LogP contribution >= 0.6 is 11.6 Å². The summed E-state index contributed by atoms with van der Waals surface area (Å²) in [6.07, 6.45) is 1.68. The van der Waals surface area contributed by atoms with Gasteiger partial charge in [-0.3, -0.25) is 14.9 Å². The van der Waals surface area contributed by atoms with E-state index >= 15 is 0 Å². The molecule has 1 aromatic carbocycles. The number of nitro benzene ring substituents is 1. The van der Waals surface area contributed by atoms with Crippen molar-refractivity contribution in [3.8, 4) is 11.4 Å². The first-order valence-electron chi connectivity index (χ1n) is 9.17. The van der Waals surface area contributed by atoms with E-state index in [0.29, 0.717) is 37.9 Å². The molecule has 30 heavy (non-hydrogen) atoms. The van der Waals surface area contributed by atoms with Crippen molar-refractivity contribution < 1.29 is 14.2 Å². The van der Waals surface area contributed by atoms with Crippen LogP contribution in [0, 0.1) is 17.0 Å². The van der Waals surface area contributed by atoms with E-state index in [1.165, 1.54) is 18.2 Å². The molecule has 1 saturated heterocycles. The molecule has 1 aliphatic rings. The summed E-state index contributed by atoms with van der Waals surface area (Å²) in [5.74, 6) is 1.50. The molecule has 3 heterocycles. The van der Waals surface area contributed by atoms with E-state index < -0.39 is 4.92 Å². The molecule has 4 rings (SSSR count). The van der Waals surface area contributed by atoms with Crippen molar-refractivity contribution in [1.82, 2.24) is 20.0 Å². The fourth-order valence-electron chi connectivity index (χ4n) is 3.23. The van der Waals surface area contributed by atoms with Gasteiger partial charge in [0.25, 0.3) is 11.6 Å². The van der Waals surface area contributed by atoms with Gasteiger partial charge in [0.2, 0.25) is 11.7 Å². The Morgan fingerprint density at radius 2 is 1.97 bits per heavy atom. The van der Waals surface area contributed by atoms with E-state index in [2.05, 4.69) is 20.0 Å². The predicted molar refractivity (Wildman–Crippen MR) is 108 cm³/mol. The Morgan fingerprint density at radius 3 is 2.57 bits per heavy atom. The second-order valence-electron chi connectivity index (χ2n) is 6.74. The number of piperazine rings is 1. The number of aromatic nitrogens is 3. The zero-order chi connectivity index (χ0) is 21.3. The molecule has 0 bridgehead atoms. The van der Waals surface area contributed by atoms with Crippen molar-refractivity contribution in [3.63, 3.8) is 0 Å².